The first-order valence-electron chi connectivity index (χ1n) is 37.5. The predicted molar refractivity (Wildman–Crippen MR) is 468 cm³/mol. The summed E-state index contributed by atoms with van der Waals surface area (Å²) in [5.41, 5.74) is 0. The fourth-order valence-electron chi connectivity index (χ4n) is 8.99. The molecule has 14 N–H and O–H groups in total. The number of pyridine rings is 6. The van der Waals surface area contributed by atoms with Crippen LogP contribution in [0.3, 0.4) is 0 Å². The number of aliphatic carboxylic acids is 2. The molecule has 0 spiro atoms. The first kappa shape index (κ1) is 110. The molecule has 123 heavy (non-hydrogen) atoms. The van der Waals surface area contributed by atoms with Crippen LogP contribution in [-0.4, -0.2) is 339 Å². The van der Waals surface area contributed by atoms with Crippen LogP contribution in [0, 0.1) is 0 Å². The van der Waals surface area contributed by atoms with Crippen LogP contribution >= 0.6 is 121 Å². The number of carboxylic acids is 2. The largest absolute Gasteiger partial charge is 0.481 e. The van der Waals surface area contributed by atoms with E-state index in [1.807, 2.05) is 109 Å². The van der Waals surface area contributed by atoms with Crippen molar-refractivity contribution in [2.45, 2.75) is 161 Å². The number of aliphatic hydroxyl groups excluding tert-OH is 11. The van der Waals surface area contributed by atoms with Crippen LogP contribution in [0.1, 0.15) is 39.0 Å². The second-order valence-electron chi connectivity index (χ2n) is 24.5. The second-order valence-corrected chi connectivity index (χ2v) is 36.8. The Bertz CT molecular complexity index is 3710. The van der Waals surface area contributed by atoms with Gasteiger partial charge in [0.05, 0.1) is 105 Å². The Kier molecular flexibility index (Phi) is 61.7. The van der Waals surface area contributed by atoms with Crippen molar-refractivity contribution in [2.75, 3.05) is 115 Å². The van der Waals surface area contributed by atoms with E-state index < -0.39 is 134 Å². The molecule has 3 aliphatic heterocycles. The average Bonchev–Trinajstić information content (AvgIpc) is 0.808. The number of ether oxygens (including phenoxy) is 11. The quantitative estimate of drug-likeness (QED) is 0.00797. The Labute approximate surface area is 755 Å². The molecule has 0 bridgehead atoms. The van der Waals surface area contributed by atoms with Crippen molar-refractivity contribution in [3.8, 4) is 0 Å². The van der Waals surface area contributed by atoms with Gasteiger partial charge in [0.25, 0.3) is 0 Å². The fraction of sp³-hybridized carbons (Fsp3) is 0.520. The summed E-state index contributed by atoms with van der Waals surface area (Å²) >= 11 is 3.87. The molecular weight excluding hydrogens is 1830 g/mol. The SMILES string of the molecule is CC(=O)NC1C(O)OC(COC(=O)CCOCCSSc2ccccn2)C(O)C1O.O=C(CCOCCSSc1ccccn1)OC1OC(CO)C(O)C(O)C1O.O=C(CCOCCSSc1ccccn1)OCC1OC(O)C(O)C(O)C1O.O=C(O)CCOCCS.O=C(O)CCOCCSSc1ccccn1.c1ccc(SSc2ccccn2)nc1. The number of rotatable bonds is 47. The Hall–Kier alpha value is -5.19. The maximum absolute atomic E-state index is 11.8. The summed E-state index contributed by atoms with van der Waals surface area (Å²) < 4.78 is 56.1. The molecule has 15 unspecified atom stereocenters. The highest BCUT2D eigenvalue weighted by molar-refractivity contribution is 8.77. The van der Waals surface area contributed by atoms with Gasteiger partial charge in [0.2, 0.25) is 12.2 Å². The number of thiol groups is 1. The standard InChI is InChI=1S/C18H26N2O8S2.2C16H23NO8S2.C10H8N2S2.C10H13NO3S2.C5H10O3S/c1-11(21)20-15-17(24)16(23)12(28-18(15)25)10-27-14(22)5-7-26-8-9-29-30-13-4-2-3-6-19-13;18-12(24-9-10-13(19)14(20)15(21)16(22)25-10)4-6-23-7-8-26-27-11-3-1-2-5-17-11;18-9-10-13(20)14(21)15(22)16(24-10)25-12(19)4-6-23-7-8-26-27-11-3-1-2-5-17-11;1-3-7-11-9(5-1)13-14-10-6-2-4-8-12-10;12-10(13)4-6-14-7-8-15-16-9-3-1-2-5-11-9;6-5(7)1-2-8-3-4-9/h2-4,6,12,15-18,23-25H,5,7-10H2,1H3,(H,20,21);1-3,5,10,13-16,19-22H,4,6-9H2;1-3,5,10,13-16,18,20-22H,4,6-9H2;1-8H;1-3,5H,4,6-8H2,(H,12,13);9H,1-4H2,(H,6,7). The number of nitrogens with zero attached hydrogens (tertiary/aromatic N) is 6. The number of carbonyl (C=O) groups is 6. The summed E-state index contributed by atoms with van der Waals surface area (Å²) in [6.07, 6.45) is -9.64. The summed E-state index contributed by atoms with van der Waals surface area (Å²) in [6, 6.07) is 33.4. The number of nitrogens with one attached hydrogen (secondary N) is 1. The van der Waals surface area contributed by atoms with Crippen molar-refractivity contribution < 1.29 is 147 Å². The third-order valence-corrected chi connectivity index (χ3v) is 26.3. The van der Waals surface area contributed by atoms with Gasteiger partial charge in [0, 0.05) is 72.9 Å². The molecule has 0 aromatic carbocycles. The summed E-state index contributed by atoms with van der Waals surface area (Å²) in [5.74, 6) is -0.318. The highest BCUT2D eigenvalue weighted by atomic mass is 33.1. The van der Waals surface area contributed by atoms with E-state index in [-0.39, 0.29) is 78.4 Å². The number of hydrogen-bond acceptors (Lipinski definition) is 45. The number of amides is 1. The van der Waals surface area contributed by atoms with Crippen LogP contribution < -0.4 is 5.32 Å². The first-order valence-corrected chi connectivity index (χ1v) is 49.5. The number of aromatic nitrogens is 6. The number of aliphatic hydroxyl groups is 11. The zero-order chi connectivity index (χ0) is 89.6. The molecule has 6 aromatic heterocycles. The lowest BCUT2D eigenvalue weighted by Crippen LogP contribution is -2.64. The zero-order valence-electron chi connectivity index (χ0n) is 66.2. The molecule has 9 rings (SSSR count). The molecule has 0 radical (unpaired) electrons. The Morgan fingerprint density at radius 1 is 0.374 bits per heavy atom. The zero-order valence-corrected chi connectivity index (χ0v) is 75.3. The molecule has 3 fully saturated rings. The van der Waals surface area contributed by atoms with Crippen LogP contribution in [0.2, 0.25) is 0 Å². The Balaban J connectivity index is 0.000000321. The van der Waals surface area contributed by atoms with E-state index in [0.29, 0.717) is 44.5 Å². The van der Waals surface area contributed by atoms with Gasteiger partial charge in [-0.15, -0.1) is 0 Å². The van der Waals surface area contributed by atoms with Crippen LogP contribution in [-0.2, 0) is 80.9 Å². The second kappa shape index (κ2) is 68.9. The van der Waals surface area contributed by atoms with Crippen molar-refractivity contribution in [1.82, 2.24) is 35.2 Å². The highest BCUT2D eigenvalue weighted by Crippen LogP contribution is 2.35. The topological polar surface area (TPSA) is 556 Å². The van der Waals surface area contributed by atoms with E-state index in [1.54, 1.807) is 134 Å². The molecule has 3 saturated heterocycles. The molecule has 15 atom stereocenters. The number of carboxylic acid groups (broad SMARTS) is 2. The van der Waals surface area contributed by atoms with Crippen molar-refractivity contribution in [1.29, 1.82) is 0 Å². The minimum absolute atomic E-state index is 0.0144. The smallest absolute Gasteiger partial charge is 0.310 e. The van der Waals surface area contributed by atoms with Gasteiger partial charge in [0.15, 0.2) is 12.6 Å². The minimum Gasteiger partial charge on any atom is -0.481 e. The van der Waals surface area contributed by atoms with E-state index in [9.17, 15) is 79.8 Å². The number of carbonyl (C=O) groups excluding carboxylic acids is 4. The summed E-state index contributed by atoms with van der Waals surface area (Å²) in [6.45, 7) is 3.45. The van der Waals surface area contributed by atoms with Gasteiger partial charge in [0.1, 0.15) is 117 Å². The molecule has 9 heterocycles. The van der Waals surface area contributed by atoms with E-state index >= 15 is 0 Å². The molecule has 3 aliphatic rings. The van der Waals surface area contributed by atoms with Crippen molar-refractivity contribution in [3.63, 3.8) is 0 Å². The summed E-state index contributed by atoms with van der Waals surface area (Å²) in [4.78, 5) is 91.5. The van der Waals surface area contributed by atoms with Crippen molar-refractivity contribution in [2.24, 2.45) is 0 Å². The van der Waals surface area contributed by atoms with E-state index in [4.69, 9.17) is 67.4 Å². The monoisotopic (exact) mass is 1930 g/mol. The maximum Gasteiger partial charge on any atom is 0.310 e. The maximum atomic E-state index is 11.8. The first-order chi connectivity index (χ1) is 59.4. The van der Waals surface area contributed by atoms with Crippen molar-refractivity contribution >= 4 is 156 Å². The molecule has 6 aromatic rings. The Morgan fingerprint density at radius 3 is 1.02 bits per heavy atom. The fourth-order valence-corrected chi connectivity index (χ4v) is 17.8. The lowest BCUT2D eigenvalue weighted by Gasteiger charge is -2.40. The molecule has 1 amide bonds. The van der Waals surface area contributed by atoms with Crippen molar-refractivity contribution in [3.05, 3.63) is 146 Å². The van der Waals surface area contributed by atoms with Crippen LogP contribution in [0.25, 0.3) is 0 Å². The van der Waals surface area contributed by atoms with E-state index in [2.05, 4.69) is 47.8 Å². The van der Waals surface area contributed by atoms with Gasteiger partial charge in [-0.05, 0) is 138 Å². The third-order valence-electron chi connectivity index (χ3n) is 15.1. The van der Waals surface area contributed by atoms with E-state index in [1.165, 1.54) is 17.7 Å². The number of hydrogen-bond donors (Lipinski definition) is 15. The van der Waals surface area contributed by atoms with Gasteiger partial charge in [-0.3, -0.25) is 28.8 Å². The van der Waals surface area contributed by atoms with Crippen LogP contribution in [0.5, 0.6) is 0 Å². The van der Waals surface area contributed by atoms with Gasteiger partial charge in [-0.25, -0.2) is 29.9 Å². The number of esters is 3. The van der Waals surface area contributed by atoms with Gasteiger partial charge >= 0.3 is 29.8 Å². The predicted octanol–water partition coefficient (Wildman–Crippen LogP) is 4.86. The minimum atomic E-state index is -1.66. The average molecular weight is 1940 g/mol. The normalized spacial score (nSPS) is 21.9. The van der Waals surface area contributed by atoms with Gasteiger partial charge < -0.3 is 124 Å². The van der Waals surface area contributed by atoms with Crippen LogP contribution in [0.15, 0.2) is 177 Å². The lowest BCUT2D eigenvalue weighted by molar-refractivity contribution is -0.292. The molecule has 0 saturated carbocycles. The third kappa shape index (κ3) is 51.0. The Morgan fingerprint density at radius 2 is 0.691 bits per heavy atom. The van der Waals surface area contributed by atoms with Gasteiger partial charge in [-0.1, -0.05) is 79.6 Å². The molecule has 37 nitrogen and oxygen atoms in total. The van der Waals surface area contributed by atoms with Crippen LogP contribution in [0.4, 0.5) is 0 Å². The van der Waals surface area contributed by atoms with E-state index in [0.717, 1.165) is 47.4 Å². The lowest BCUT2D eigenvalue weighted by atomic mass is 9.97. The molecule has 0 aliphatic carbocycles. The summed E-state index contributed by atoms with van der Waals surface area (Å²) in [7, 11) is 15.9. The molecule has 48 heteroatoms. The summed E-state index contributed by atoms with van der Waals surface area (Å²) in [5, 5.41) is 131. The van der Waals surface area contributed by atoms with Gasteiger partial charge in [-0.2, -0.15) is 12.6 Å². The molecular formula is C75H103N7O30S11. The highest BCUT2D eigenvalue weighted by Gasteiger charge is 2.47. The molecule has 684 valence electrons.